The van der Waals surface area contributed by atoms with E-state index >= 15 is 0 Å². The largest absolute Gasteiger partial charge is 0.492 e. The molecule has 1 aromatic heterocycles. The van der Waals surface area contributed by atoms with Gasteiger partial charge in [-0.05, 0) is 29.8 Å². The van der Waals surface area contributed by atoms with E-state index in [0.717, 1.165) is 21.8 Å². The number of aromatic nitrogens is 1. The van der Waals surface area contributed by atoms with Crippen LogP contribution in [0.1, 0.15) is 11.3 Å². The summed E-state index contributed by atoms with van der Waals surface area (Å²) in [6.07, 6.45) is 2.49. The van der Waals surface area contributed by atoms with Gasteiger partial charge in [-0.15, -0.1) is 23.1 Å². The van der Waals surface area contributed by atoms with Crippen LogP contribution in [0.4, 0.5) is 0 Å². The Balaban J connectivity index is 1.55. The number of halogens is 2. The SMILES string of the molecule is N=CC1=C(Cl)NC(SCc2csc(-c3ccc(Cl)cc3)n2)C(C=N)=C1c1ccc(OCCN=O)cc1. The van der Waals surface area contributed by atoms with Gasteiger partial charge in [-0.25, -0.2) is 4.98 Å². The fraction of sp³-hybridized carbons (Fsp3) is 0.160. The zero-order valence-electron chi connectivity index (χ0n) is 18.8. The lowest BCUT2D eigenvalue weighted by molar-refractivity contribution is 0.328. The summed E-state index contributed by atoms with van der Waals surface area (Å²) in [7, 11) is 0. The van der Waals surface area contributed by atoms with Crippen molar-refractivity contribution in [2.45, 2.75) is 11.1 Å². The molecule has 0 spiro atoms. The number of dihydropyridines is 1. The standard InChI is InChI=1S/C25H21Cl2N5O2S2/c26-17-5-1-16(2-6-17)24-31-18(13-35-24)14-36-25-21(12-29)22(20(11-28)23(27)32-25)15-3-7-19(8-4-15)34-10-9-30-33/h1-8,11-13,25,28-29,32H,9-10,14H2. The lowest BCUT2D eigenvalue weighted by Gasteiger charge is -2.29. The molecule has 0 saturated carbocycles. The number of nitrogens with zero attached hydrogens (tertiary/aromatic N) is 2. The fourth-order valence-electron chi connectivity index (χ4n) is 3.59. The summed E-state index contributed by atoms with van der Waals surface area (Å²) in [6.45, 7) is 0.277. The Kier molecular flexibility index (Phi) is 8.93. The Labute approximate surface area is 226 Å². The molecule has 184 valence electrons. The second-order valence-electron chi connectivity index (χ2n) is 7.56. The summed E-state index contributed by atoms with van der Waals surface area (Å²) in [5.41, 5.74) is 4.65. The van der Waals surface area contributed by atoms with Crippen LogP contribution >= 0.6 is 46.3 Å². The summed E-state index contributed by atoms with van der Waals surface area (Å²) in [4.78, 5) is 15.0. The first-order valence-corrected chi connectivity index (χ1v) is 13.5. The van der Waals surface area contributed by atoms with Crippen LogP contribution < -0.4 is 10.1 Å². The van der Waals surface area contributed by atoms with E-state index < -0.39 is 0 Å². The number of thiazole rings is 1. The molecule has 3 aromatic rings. The quantitative estimate of drug-likeness (QED) is 0.102. The third-order valence-electron chi connectivity index (χ3n) is 5.27. The fourth-order valence-corrected chi connectivity index (χ4v) is 6.02. The molecule has 2 heterocycles. The maximum Gasteiger partial charge on any atom is 0.123 e. The van der Waals surface area contributed by atoms with Crippen molar-refractivity contribution in [2.24, 2.45) is 5.18 Å². The zero-order valence-corrected chi connectivity index (χ0v) is 22.0. The third-order valence-corrected chi connectivity index (χ3v) is 7.94. The summed E-state index contributed by atoms with van der Waals surface area (Å²) >= 11 is 15.7. The first kappa shape index (κ1) is 26.1. The van der Waals surface area contributed by atoms with Gasteiger partial charge in [-0.1, -0.05) is 52.6 Å². The molecule has 0 radical (unpaired) electrons. The second kappa shape index (κ2) is 12.3. The van der Waals surface area contributed by atoms with E-state index in [4.69, 9.17) is 43.7 Å². The Bertz CT molecular complexity index is 1320. The smallest absolute Gasteiger partial charge is 0.123 e. The molecule has 0 amide bonds. The average molecular weight is 559 g/mol. The van der Waals surface area contributed by atoms with E-state index in [-0.39, 0.29) is 18.5 Å². The minimum Gasteiger partial charge on any atom is -0.492 e. The number of nitroso groups, excluding NO2 is 1. The van der Waals surface area contributed by atoms with E-state index in [2.05, 4.69) is 10.5 Å². The van der Waals surface area contributed by atoms with Crippen LogP contribution in [0.25, 0.3) is 16.1 Å². The van der Waals surface area contributed by atoms with Gasteiger partial charge in [0.25, 0.3) is 0 Å². The topological polar surface area (TPSA) is 111 Å². The van der Waals surface area contributed by atoms with Gasteiger partial charge in [0.05, 0.1) is 5.69 Å². The number of thioether (sulfide) groups is 1. The Morgan fingerprint density at radius 2 is 1.81 bits per heavy atom. The van der Waals surface area contributed by atoms with Crippen LogP contribution in [-0.4, -0.2) is 35.9 Å². The van der Waals surface area contributed by atoms with Gasteiger partial charge < -0.3 is 20.9 Å². The minimum atomic E-state index is -0.302. The van der Waals surface area contributed by atoms with Gasteiger partial charge in [-0.3, -0.25) is 0 Å². The van der Waals surface area contributed by atoms with Gasteiger partial charge in [0.15, 0.2) is 0 Å². The molecule has 0 aliphatic carbocycles. The number of nitrogens with one attached hydrogen (secondary N) is 3. The minimum absolute atomic E-state index is 0.0753. The lowest BCUT2D eigenvalue weighted by Crippen LogP contribution is -2.32. The molecule has 1 unspecified atom stereocenters. The van der Waals surface area contributed by atoms with Crippen LogP contribution in [0.2, 0.25) is 5.02 Å². The highest BCUT2D eigenvalue weighted by atomic mass is 35.5. The first-order chi connectivity index (χ1) is 17.5. The molecule has 1 aliphatic heterocycles. The highest BCUT2D eigenvalue weighted by Gasteiger charge is 2.28. The van der Waals surface area contributed by atoms with Crippen molar-refractivity contribution in [2.75, 3.05) is 13.2 Å². The summed E-state index contributed by atoms with van der Waals surface area (Å²) < 4.78 is 5.50. The van der Waals surface area contributed by atoms with Crippen molar-refractivity contribution in [3.63, 3.8) is 0 Å². The molecule has 2 aromatic carbocycles. The molecule has 0 saturated heterocycles. The summed E-state index contributed by atoms with van der Waals surface area (Å²) in [6, 6.07) is 14.8. The Hall–Kier alpha value is -2.98. The number of hydrogen-bond donors (Lipinski definition) is 3. The highest BCUT2D eigenvalue weighted by molar-refractivity contribution is 7.99. The first-order valence-electron chi connectivity index (χ1n) is 10.8. The van der Waals surface area contributed by atoms with Crippen LogP contribution in [0.5, 0.6) is 5.75 Å². The van der Waals surface area contributed by atoms with Gasteiger partial charge in [-0.2, -0.15) is 4.91 Å². The van der Waals surface area contributed by atoms with Crippen LogP contribution in [0, 0.1) is 15.7 Å². The molecule has 1 atom stereocenters. The predicted molar refractivity (Wildman–Crippen MR) is 151 cm³/mol. The Morgan fingerprint density at radius 1 is 1.08 bits per heavy atom. The summed E-state index contributed by atoms with van der Waals surface area (Å²) in [5.74, 6) is 1.21. The van der Waals surface area contributed by atoms with E-state index in [1.165, 1.54) is 12.4 Å². The molecular weight excluding hydrogens is 537 g/mol. The lowest BCUT2D eigenvalue weighted by atomic mass is 9.92. The van der Waals surface area contributed by atoms with Crippen molar-refractivity contribution >= 4 is 64.3 Å². The Morgan fingerprint density at radius 3 is 2.47 bits per heavy atom. The number of allylic oxidation sites excluding steroid dienone is 2. The van der Waals surface area contributed by atoms with Crippen molar-refractivity contribution in [1.82, 2.24) is 10.3 Å². The molecule has 36 heavy (non-hydrogen) atoms. The predicted octanol–water partition coefficient (Wildman–Crippen LogP) is 6.97. The highest BCUT2D eigenvalue weighted by Crippen LogP contribution is 2.38. The van der Waals surface area contributed by atoms with Gasteiger partial charge in [0.2, 0.25) is 0 Å². The van der Waals surface area contributed by atoms with Gasteiger partial charge >= 0.3 is 0 Å². The second-order valence-corrected chi connectivity index (χ2v) is 10.3. The number of ether oxygens (including phenoxy) is 1. The van der Waals surface area contributed by atoms with Crippen molar-refractivity contribution in [3.8, 4) is 16.3 Å². The number of rotatable bonds is 11. The molecule has 4 rings (SSSR count). The maximum atomic E-state index is 10.3. The molecule has 7 nitrogen and oxygen atoms in total. The molecule has 3 N–H and O–H groups in total. The third kappa shape index (κ3) is 6.04. The molecule has 0 bridgehead atoms. The van der Waals surface area contributed by atoms with Crippen molar-refractivity contribution in [3.05, 3.63) is 91.4 Å². The zero-order chi connectivity index (χ0) is 25.5. The normalized spacial score (nSPS) is 15.4. The average Bonchev–Trinajstić information content (AvgIpc) is 3.37. The van der Waals surface area contributed by atoms with E-state index in [1.54, 1.807) is 35.2 Å². The number of benzene rings is 2. The molecule has 0 fully saturated rings. The van der Waals surface area contributed by atoms with Gasteiger partial charge in [0.1, 0.15) is 34.4 Å². The van der Waals surface area contributed by atoms with E-state index in [0.29, 0.717) is 38.4 Å². The molecule has 1 aliphatic rings. The van der Waals surface area contributed by atoms with Crippen LogP contribution in [-0.2, 0) is 5.75 Å². The monoisotopic (exact) mass is 557 g/mol. The van der Waals surface area contributed by atoms with Gasteiger partial charge in [0, 0.05) is 50.9 Å². The summed E-state index contributed by atoms with van der Waals surface area (Å²) in [5, 5.41) is 25.7. The maximum absolute atomic E-state index is 10.3. The number of hydrogen-bond acceptors (Lipinski definition) is 9. The van der Waals surface area contributed by atoms with Crippen LogP contribution in [0.3, 0.4) is 0 Å². The molecular formula is C25H21Cl2N5O2S2. The molecule has 11 heteroatoms. The van der Waals surface area contributed by atoms with Crippen molar-refractivity contribution in [1.29, 1.82) is 10.8 Å². The van der Waals surface area contributed by atoms with Crippen LogP contribution in [0.15, 0.2) is 75.4 Å². The van der Waals surface area contributed by atoms with Crippen molar-refractivity contribution < 1.29 is 4.74 Å². The van der Waals surface area contributed by atoms with E-state index in [1.807, 2.05) is 41.8 Å². The van der Waals surface area contributed by atoms with E-state index in [9.17, 15) is 4.91 Å².